The lowest BCUT2D eigenvalue weighted by molar-refractivity contribution is 0.192. The van der Waals surface area contributed by atoms with Gasteiger partial charge in [0.05, 0.1) is 10.5 Å². The van der Waals surface area contributed by atoms with Gasteiger partial charge >= 0.3 is 0 Å². The molecule has 0 radical (unpaired) electrons. The SMILES string of the molecule is N#Cc1ccccc1S(=O)(=O)N1CCCCC1CCO. The van der Waals surface area contributed by atoms with Crippen LogP contribution in [0.2, 0.25) is 0 Å². The maximum Gasteiger partial charge on any atom is 0.244 e. The van der Waals surface area contributed by atoms with E-state index in [4.69, 9.17) is 10.4 Å². The molecule has 20 heavy (non-hydrogen) atoms. The van der Waals surface area contributed by atoms with E-state index < -0.39 is 10.0 Å². The molecule has 1 aliphatic heterocycles. The van der Waals surface area contributed by atoms with E-state index in [-0.39, 0.29) is 23.1 Å². The zero-order chi connectivity index (χ0) is 14.6. The van der Waals surface area contributed by atoms with Crippen LogP contribution in [0.4, 0.5) is 0 Å². The molecule has 5 nitrogen and oxygen atoms in total. The Morgan fingerprint density at radius 1 is 1.35 bits per heavy atom. The van der Waals surface area contributed by atoms with Gasteiger partial charge in [-0.3, -0.25) is 0 Å². The van der Waals surface area contributed by atoms with Crippen LogP contribution in [0.25, 0.3) is 0 Å². The van der Waals surface area contributed by atoms with Crippen molar-refractivity contribution >= 4 is 10.0 Å². The molecule has 0 bridgehead atoms. The van der Waals surface area contributed by atoms with Crippen LogP contribution in [-0.2, 0) is 10.0 Å². The van der Waals surface area contributed by atoms with Crippen LogP contribution in [0.3, 0.4) is 0 Å². The number of hydrogen-bond acceptors (Lipinski definition) is 4. The predicted molar refractivity (Wildman–Crippen MR) is 74.4 cm³/mol. The van der Waals surface area contributed by atoms with Gasteiger partial charge in [0.15, 0.2) is 0 Å². The minimum Gasteiger partial charge on any atom is -0.396 e. The molecule has 0 spiro atoms. The van der Waals surface area contributed by atoms with Crippen LogP contribution in [-0.4, -0.2) is 37.0 Å². The second kappa shape index (κ2) is 6.35. The summed E-state index contributed by atoms with van der Waals surface area (Å²) in [5, 5.41) is 18.2. The minimum absolute atomic E-state index is 0.0312. The van der Waals surface area contributed by atoms with Crippen molar-refractivity contribution in [3.63, 3.8) is 0 Å². The summed E-state index contributed by atoms with van der Waals surface area (Å²) in [4.78, 5) is 0.0624. The molecule has 0 aromatic heterocycles. The molecule has 0 saturated carbocycles. The topological polar surface area (TPSA) is 81.4 Å². The van der Waals surface area contributed by atoms with Gasteiger partial charge in [0.1, 0.15) is 6.07 Å². The average Bonchev–Trinajstić information content (AvgIpc) is 2.48. The maximum absolute atomic E-state index is 12.7. The molecule has 1 N–H and O–H groups in total. The highest BCUT2D eigenvalue weighted by Crippen LogP contribution is 2.28. The molecule has 1 fully saturated rings. The first kappa shape index (κ1) is 15.0. The number of rotatable bonds is 4. The molecular weight excluding hydrogens is 276 g/mol. The Balaban J connectivity index is 2.40. The van der Waals surface area contributed by atoms with Crippen LogP contribution in [0.15, 0.2) is 29.2 Å². The maximum atomic E-state index is 12.7. The van der Waals surface area contributed by atoms with Crippen molar-refractivity contribution in [3.05, 3.63) is 29.8 Å². The highest BCUT2D eigenvalue weighted by molar-refractivity contribution is 7.89. The molecule has 1 atom stereocenters. The number of sulfonamides is 1. The summed E-state index contributed by atoms with van der Waals surface area (Å²) < 4.78 is 26.9. The van der Waals surface area contributed by atoms with Gasteiger partial charge in [-0.15, -0.1) is 0 Å². The molecule has 1 heterocycles. The Kier molecular flexibility index (Phi) is 4.76. The highest BCUT2D eigenvalue weighted by Gasteiger charge is 2.34. The smallest absolute Gasteiger partial charge is 0.244 e. The fourth-order valence-electron chi connectivity index (χ4n) is 2.64. The van der Waals surface area contributed by atoms with Crippen LogP contribution >= 0.6 is 0 Å². The molecule has 1 saturated heterocycles. The predicted octanol–water partition coefficient (Wildman–Crippen LogP) is 1.48. The van der Waals surface area contributed by atoms with Crippen molar-refractivity contribution in [2.45, 2.75) is 36.6 Å². The highest BCUT2D eigenvalue weighted by atomic mass is 32.2. The largest absolute Gasteiger partial charge is 0.396 e. The molecule has 0 aliphatic carbocycles. The number of nitriles is 1. The van der Waals surface area contributed by atoms with Gasteiger partial charge in [-0.05, 0) is 31.4 Å². The Morgan fingerprint density at radius 3 is 2.80 bits per heavy atom. The summed E-state index contributed by atoms with van der Waals surface area (Å²) in [5.74, 6) is 0. The van der Waals surface area contributed by atoms with Crippen molar-refractivity contribution in [2.75, 3.05) is 13.2 Å². The molecule has 1 aliphatic rings. The Bertz CT molecular complexity index is 605. The van der Waals surface area contributed by atoms with Crippen LogP contribution in [0.1, 0.15) is 31.2 Å². The van der Waals surface area contributed by atoms with E-state index in [0.717, 1.165) is 19.3 Å². The number of aliphatic hydroxyl groups excluding tert-OH is 1. The first-order valence-electron chi connectivity index (χ1n) is 6.73. The number of benzene rings is 1. The summed E-state index contributed by atoms with van der Waals surface area (Å²) >= 11 is 0. The standard InChI is InChI=1S/C14H18N2O3S/c15-11-12-5-1-2-7-14(12)20(18,19)16-9-4-3-6-13(16)8-10-17/h1-2,5,7,13,17H,3-4,6,8-10H2. The van der Waals surface area contributed by atoms with Gasteiger partial charge in [0.25, 0.3) is 0 Å². The third-order valence-corrected chi connectivity index (χ3v) is 5.64. The summed E-state index contributed by atoms with van der Waals surface area (Å²) in [6.07, 6.45) is 2.98. The van der Waals surface area contributed by atoms with Crippen molar-refractivity contribution in [3.8, 4) is 6.07 Å². The lowest BCUT2D eigenvalue weighted by Crippen LogP contribution is -2.44. The normalized spacial score (nSPS) is 20.5. The number of hydrogen-bond donors (Lipinski definition) is 1. The quantitative estimate of drug-likeness (QED) is 0.912. The van der Waals surface area contributed by atoms with Crippen molar-refractivity contribution in [1.82, 2.24) is 4.31 Å². The van der Waals surface area contributed by atoms with E-state index in [1.54, 1.807) is 12.1 Å². The van der Waals surface area contributed by atoms with Crippen LogP contribution < -0.4 is 0 Å². The summed E-state index contributed by atoms with van der Waals surface area (Å²) in [5.41, 5.74) is 0.167. The average molecular weight is 294 g/mol. The van der Waals surface area contributed by atoms with Crippen LogP contribution in [0, 0.1) is 11.3 Å². The molecular formula is C14H18N2O3S. The van der Waals surface area contributed by atoms with Gasteiger partial charge < -0.3 is 5.11 Å². The Labute approximate surface area is 119 Å². The lowest BCUT2D eigenvalue weighted by atomic mass is 10.0. The Hall–Kier alpha value is -1.42. The molecule has 1 aromatic rings. The molecule has 2 rings (SSSR count). The van der Waals surface area contributed by atoms with Crippen molar-refractivity contribution in [2.24, 2.45) is 0 Å². The number of nitrogens with zero attached hydrogens (tertiary/aromatic N) is 2. The lowest BCUT2D eigenvalue weighted by Gasteiger charge is -2.34. The van der Waals surface area contributed by atoms with Gasteiger partial charge in [-0.2, -0.15) is 9.57 Å². The number of piperidine rings is 1. The van der Waals surface area contributed by atoms with Crippen molar-refractivity contribution < 1.29 is 13.5 Å². The molecule has 0 amide bonds. The van der Waals surface area contributed by atoms with Crippen molar-refractivity contribution in [1.29, 1.82) is 5.26 Å². The molecule has 108 valence electrons. The minimum atomic E-state index is -3.68. The summed E-state index contributed by atoms with van der Waals surface area (Å²) in [7, 11) is -3.68. The fourth-order valence-corrected chi connectivity index (χ4v) is 4.51. The van der Waals surface area contributed by atoms with E-state index in [2.05, 4.69) is 0 Å². The summed E-state index contributed by atoms with van der Waals surface area (Å²) in [6.45, 7) is 0.420. The van der Waals surface area contributed by atoms with Gasteiger partial charge in [-0.25, -0.2) is 8.42 Å². The molecule has 1 aromatic carbocycles. The third kappa shape index (κ3) is 2.85. The first-order chi connectivity index (χ1) is 9.61. The van der Waals surface area contributed by atoms with Gasteiger partial charge in [-0.1, -0.05) is 18.6 Å². The third-order valence-electron chi connectivity index (χ3n) is 3.63. The van der Waals surface area contributed by atoms with E-state index in [9.17, 15) is 8.42 Å². The fraction of sp³-hybridized carbons (Fsp3) is 0.500. The first-order valence-corrected chi connectivity index (χ1v) is 8.17. The van der Waals surface area contributed by atoms with Gasteiger partial charge in [0, 0.05) is 19.2 Å². The van der Waals surface area contributed by atoms with E-state index in [1.807, 2.05) is 6.07 Å². The molecule has 1 unspecified atom stereocenters. The van der Waals surface area contributed by atoms with E-state index >= 15 is 0 Å². The zero-order valence-electron chi connectivity index (χ0n) is 11.2. The zero-order valence-corrected chi connectivity index (χ0v) is 12.0. The van der Waals surface area contributed by atoms with E-state index in [1.165, 1.54) is 16.4 Å². The molecule has 6 heteroatoms. The second-order valence-electron chi connectivity index (χ2n) is 4.89. The second-order valence-corrected chi connectivity index (χ2v) is 6.74. The van der Waals surface area contributed by atoms with E-state index in [0.29, 0.717) is 13.0 Å². The van der Waals surface area contributed by atoms with Crippen LogP contribution in [0.5, 0.6) is 0 Å². The number of aliphatic hydroxyl groups is 1. The Morgan fingerprint density at radius 2 is 2.10 bits per heavy atom. The summed E-state index contributed by atoms with van der Waals surface area (Å²) in [6, 6.07) is 8.01. The van der Waals surface area contributed by atoms with Gasteiger partial charge in [0.2, 0.25) is 10.0 Å². The monoisotopic (exact) mass is 294 g/mol.